The molecule has 0 aliphatic heterocycles. The molecule has 19 heavy (non-hydrogen) atoms. The summed E-state index contributed by atoms with van der Waals surface area (Å²) in [5, 5.41) is 7.40. The minimum Gasteiger partial charge on any atom is -0.472 e. The van der Waals surface area contributed by atoms with Crippen LogP contribution < -0.4 is 5.32 Å². The zero-order valence-electron chi connectivity index (χ0n) is 10.7. The maximum Gasteiger partial charge on any atom is 0.254 e. The van der Waals surface area contributed by atoms with E-state index in [0.29, 0.717) is 12.1 Å². The summed E-state index contributed by atoms with van der Waals surface area (Å²) in [7, 11) is 0. The zero-order valence-corrected chi connectivity index (χ0v) is 11.5. The van der Waals surface area contributed by atoms with Gasteiger partial charge in [-0.15, -0.1) is 0 Å². The number of thiophene rings is 1. The molecule has 0 aromatic carbocycles. The van der Waals surface area contributed by atoms with Gasteiger partial charge in [0.2, 0.25) is 0 Å². The quantitative estimate of drug-likeness (QED) is 0.926. The highest BCUT2D eigenvalue weighted by Crippen LogP contribution is 2.41. The summed E-state index contributed by atoms with van der Waals surface area (Å²) in [5.41, 5.74) is 2.11. The van der Waals surface area contributed by atoms with E-state index in [1.54, 1.807) is 17.4 Å². The molecule has 1 aliphatic carbocycles. The lowest BCUT2D eigenvalue weighted by Crippen LogP contribution is -2.38. The molecule has 1 N–H and O–H groups in total. The molecule has 3 rings (SSSR count). The second-order valence-electron chi connectivity index (χ2n) is 5.19. The molecule has 0 radical (unpaired) electrons. The first-order valence-electron chi connectivity index (χ1n) is 6.63. The molecule has 0 spiro atoms. The molecule has 4 heteroatoms. The summed E-state index contributed by atoms with van der Waals surface area (Å²) in [4.78, 5) is 12.0. The fraction of sp³-hybridized carbons (Fsp3) is 0.400. The maximum atomic E-state index is 12.0. The van der Waals surface area contributed by atoms with E-state index in [9.17, 15) is 4.79 Å². The lowest BCUT2D eigenvalue weighted by molar-refractivity contribution is 0.0942. The SMILES string of the molecule is O=C(NCC1(c2ccsc2)CCCC1)c1ccoc1. The number of hydrogen-bond donors (Lipinski definition) is 1. The highest BCUT2D eigenvalue weighted by molar-refractivity contribution is 7.08. The van der Waals surface area contributed by atoms with Gasteiger partial charge in [-0.3, -0.25) is 4.79 Å². The van der Waals surface area contributed by atoms with E-state index < -0.39 is 0 Å². The smallest absolute Gasteiger partial charge is 0.254 e. The molecular formula is C15H17NO2S. The van der Waals surface area contributed by atoms with Crippen LogP contribution in [-0.2, 0) is 5.41 Å². The average molecular weight is 275 g/mol. The molecule has 1 aliphatic rings. The Hall–Kier alpha value is -1.55. The molecule has 0 atom stereocenters. The van der Waals surface area contributed by atoms with Crippen LogP contribution in [0.4, 0.5) is 0 Å². The van der Waals surface area contributed by atoms with Crippen molar-refractivity contribution in [3.63, 3.8) is 0 Å². The van der Waals surface area contributed by atoms with Crippen LogP contribution in [0, 0.1) is 0 Å². The van der Waals surface area contributed by atoms with E-state index in [2.05, 4.69) is 22.1 Å². The molecule has 0 unspecified atom stereocenters. The molecule has 2 aromatic heterocycles. The molecule has 2 heterocycles. The van der Waals surface area contributed by atoms with E-state index in [-0.39, 0.29) is 11.3 Å². The summed E-state index contributed by atoms with van der Waals surface area (Å²) in [6.07, 6.45) is 7.83. The minimum absolute atomic E-state index is 0.0461. The van der Waals surface area contributed by atoms with E-state index in [1.165, 1.54) is 30.9 Å². The van der Waals surface area contributed by atoms with Crippen LogP contribution in [-0.4, -0.2) is 12.5 Å². The molecule has 0 saturated heterocycles. The van der Waals surface area contributed by atoms with E-state index in [0.717, 1.165) is 12.8 Å². The number of hydrogen-bond acceptors (Lipinski definition) is 3. The van der Waals surface area contributed by atoms with Crippen LogP contribution in [0.15, 0.2) is 39.8 Å². The molecule has 3 nitrogen and oxygen atoms in total. The Balaban J connectivity index is 1.71. The van der Waals surface area contributed by atoms with Gasteiger partial charge >= 0.3 is 0 Å². The first-order valence-corrected chi connectivity index (χ1v) is 7.58. The van der Waals surface area contributed by atoms with Crippen LogP contribution in [0.3, 0.4) is 0 Å². The predicted octanol–water partition coefficient (Wildman–Crippen LogP) is 3.58. The third-order valence-corrected chi connectivity index (χ3v) is 4.75. The second kappa shape index (κ2) is 5.21. The Labute approximate surface area is 116 Å². The van der Waals surface area contributed by atoms with Gasteiger partial charge in [-0.1, -0.05) is 12.8 Å². The molecule has 100 valence electrons. The predicted molar refractivity (Wildman–Crippen MR) is 75.5 cm³/mol. The van der Waals surface area contributed by atoms with Crippen molar-refractivity contribution >= 4 is 17.2 Å². The highest BCUT2D eigenvalue weighted by Gasteiger charge is 2.36. The molecular weight excluding hydrogens is 258 g/mol. The fourth-order valence-corrected chi connectivity index (χ4v) is 3.71. The Kier molecular flexibility index (Phi) is 3.42. The largest absolute Gasteiger partial charge is 0.472 e. The van der Waals surface area contributed by atoms with Crippen LogP contribution in [0.25, 0.3) is 0 Å². The Morgan fingerprint density at radius 1 is 1.37 bits per heavy atom. The first kappa shape index (κ1) is 12.5. The maximum absolute atomic E-state index is 12.0. The third kappa shape index (κ3) is 2.45. The van der Waals surface area contributed by atoms with Crippen LogP contribution in [0.5, 0.6) is 0 Å². The van der Waals surface area contributed by atoms with Gasteiger partial charge in [0.15, 0.2) is 0 Å². The van der Waals surface area contributed by atoms with E-state index in [1.807, 2.05) is 0 Å². The number of carbonyl (C=O) groups is 1. The highest BCUT2D eigenvalue weighted by atomic mass is 32.1. The number of carbonyl (C=O) groups excluding carboxylic acids is 1. The van der Waals surface area contributed by atoms with E-state index >= 15 is 0 Å². The van der Waals surface area contributed by atoms with Gasteiger partial charge in [-0.25, -0.2) is 0 Å². The molecule has 0 bridgehead atoms. The fourth-order valence-electron chi connectivity index (χ4n) is 2.93. The Morgan fingerprint density at radius 3 is 2.84 bits per heavy atom. The second-order valence-corrected chi connectivity index (χ2v) is 5.97. The van der Waals surface area contributed by atoms with Crippen molar-refractivity contribution in [1.29, 1.82) is 0 Å². The van der Waals surface area contributed by atoms with Gasteiger partial charge in [-0.05, 0) is 41.3 Å². The average Bonchev–Trinajstić information content (AvgIpc) is 3.16. The van der Waals surface area contributed by atoms with Crippen molar-refractivity contribution in [2.24, 2.45) is 0 Å². The molecule has 1 amide bonds. The van der Waals surface area contributed by atoms with Crippen LogP contribution in [0.1, 0.15) is 41.6 Å². The topological polar surface area (TPSA) is 42.2 Å². The van der Waals surface area contributed by atoms with Gasteiger partial charge in [0, 0.05) is 12.0 Å². The number of amides is 1. The van der Waals surface area contributed by atoms with Gasteiger partial charge in [0.25, 0.3) is 5.91 Å². The van der Waals surface area contributed by atoms with Crippen molar-refractivity contribution in [1.82, 2.24) is 5.32 Å². The van der Waals surface area contributed by atoms with Crippen molar-refractivity contribution in [3.8, 4) is 0 Å². The summed E-state index contributed by atoms with van der Waals surface area (Å²) in [5.74, 6) is -0.0461. The standard InChI is InChI=1S/C15H17NO2S/c17-14(12-3-7-18-9-12)16-11-15(5-1-2-6-15)13-4-8-19-10-13/h3-4,7-10H,1-2,5-6,11H2,(H,16,17). The summed E-state index contributed by atoms with van der Waals surface area (Å²) >= 11 is 1.73. The summed E-state index contributed by atoms with van der Waals surface area (Å²) < 4.78 is 4.95. The van der Waals surface area contributed by atoms with E-state index in [4.69, 9.17) is 4.42 Å². The third-order valence-electron chi connectivity index (χ3n) is 4.06. The normalized spacial score (nSPS) is 17.5. The monoisotopic (exact) mass is 275 g/mol. The van der Waals surface area contributed by atoms with Gasteiger partial charge in [0.05, 0.1) is 11.8 Å². The lowest BCUT2D eigenvalue weighted by Gasteiger charge is -2.28. The van der Waals surface area contributed by atoms with Gasteiger partial charge < -0.3 is 9.73 Å². The number of nitrogens with one attached hydrogen (secondary N) is 1. The van der Waals surface area contributed by atoms with Crippen LogP contribution in [0.2, 0.25) is 0 Å². The Morgan fingerprint density at radius 2 is 2.21 bits per heavy atom. The first-order chi connectivity index (χ1) is 9.30. The van der Waals surface area contributed by atoms with Crippen molar-refractivity contribution in [2.75, 3.05) is 6.54 Å². The summed E-state index contributed by atoms with van der Waals surface area (Å²) in [6, 6.07) is 3.89. The minimum atomic E-state index is -0.0461. The van der Waals surface area contributed by atoms with Crippen molar-refractivity contribution in [2.45, 2.75) is 31.1 Å². The molecule has 1 fully saturated rings. The van der Waals surface area contributed by atoms with Gasteiger partial charge in [-0.2, -0.15) is 11.3 Å². The zero-order chi connectivity index (χ0) is 13.1. The number of furan rings is 1. The lowest BCUT2D eigenvalue weighted by atomic mass is 9.80. The summed E-state index contributed by atoms with van der Waals surface area (Å²) in [6.45, 7) is 0.716. The van der Waals surface area contributed by atoms with Crippen molar-refractivity contribution in [3.05, 3.63) is 46.5 Å². The Bertz CT molecular complexity index is 525. The van der Waals surface area contributed by atoms with Crippen LogP contribution >= 0.6 is 11.3 Å². The number of rotatable bonds is 4. The van der Waals surface area contributed by atoms with Crippen molar-refractivity contribution < 1.29 is 9.21 Å². The molecule has 1 saturated carbocycles. The molecule has 2 aromatic rings. The van der Waals surface area contributed by atoms with Gasteiger partial charge in [0.1, 0.15) is 6.26 Å².